The number of benzene rings is 1. The van der Waals surface area contributed by atoms with Crippen molar-refractivity contribution in [3.63, 3.8) is 0 Å². The van der Waals surface area contributed by atoms with Crippen molar-refractivity contribution < 1.29 is 4.79 Å². The van der Waals surface area contributed by atoms with E-state index in [2.05, 4.69) is 6.58 Å². The molecule has 0 aliphatic rings. The fourth-order valence-corrected chi connectivity index (χ4v) is 1.53. The Hall–Kier alpha value is -1.61. The van der Waals surface area contributed by atoms with E-state index < -0.39 is 11.4 Å². The summed E-state index contributed by atoms with van der Waals surface area (Å²) in [6.07, 6.45) is 1.64. The molecule has 1 aromatic rings. The van der Waals surface area contributed by atoms with E-state index in [1.807, 2.05) is 25.1 Å². The Morgan fingerprint density at radius 3 is 2.40 bits per heavy atom. The molecule has 15 heavy (non-hydrogen) atoms. The SMILES string of the molecule is C=C[C@@H](C)[C@@](N)(C(N)=O)c1ccccc1. The highest BCUT2D eigenvalue weighted by atomic mass is 16.1. The number of rotatable bonds is 4. The van der Waals surface area contributed by atoms with Crippen molar-refractivity contribution in [3.05, 3.63) is 48.6 Å². The molecule has 4 N–H and O–H groups in total. The topological polar surface area (TPSA) is 69.1 Å². The maximum atomic E-state index is 11.5. The van der Waals surface area contributed by atoms with Crippen molar-refractivity contribution in [1.82, 2.24) is 0 Å². The number of hydrogen-bond donors (Lipinski definition) is 2. The van der Waals surface area contributed by atoms with Crippen molar-refractivity contribution in [2.75, 3.05) is 0 Å². The monoisotopic (exact) mass is 204 g/mol. The first-order valence-corrected chi connectivity index (χ1v) is 4.80. The number of carbonyl (C=O) groups is 1. The maximum absolute atomic E-state index is 11.5. The van der Waals surface area contributed by atoms with Crippen LogP contribution in [0.3, 0.4) is 0 Å². The van der Waals surface area contributed by atoms with Crippen LogP contribution in [-0.4, -0.2) is 5.91 Å². The van der Waals surface area contributed by atoms with Gasteiger partial charge in [-0.2, -0.15) is 0 Å². The molecule has 0 aliphatic carbocycles. The molecule has 1 amide bonds. The summed E-state index contributed by atoms with van der Waals surface area (Å²) >= 11 is 0. The molecule has 0 aromatic heterocycles. The molecule has 0 spiro atoms. The van der Waals surface area contributed by atoms with Gasteiger partial charge in [0.2, 0.25) is 5.91 Å². The van der Waals surface area contributed by atoms with Gasteiger partial charge in [-0.1, -0.05) is 43.3 Å². The van der Waals surface area contributed by atoms with Crippen molar-refractivity contribution in [2.24, 2.45) is 17.4 Å². The number of amides is 1. The molecule has 0 unspecified atom stereocenters. The lowest BCUT2D eigenvalue weighted by Gasteiger charge is -2.30. The first-order chi connectivity index (χ1) is 7.03. The number of carbonyl (C=O) groups excluding carboxylic acids is 1. The zero-order chi connectivity index (χ0) is 11.5. The second-order valence-corrected chi connectivity index (χ2v) is 3.62. The molecular formula is C12H16N2O. The molecule has 3 heteroatoms. The van der Waals surface area contributed by atoms with Crippen LogP contribution in [-0.2, 0) is 10.3 Å². The first-order valence-electron chi connectivity index (χ1n) is 4.80. The summed E-state index contributed by atoms with van der Waals surface area (Å²) in [5.74, 6) is -0.751. The third kappa shape index (κ3) is 1.92. The van der Waals surface area contributed by atoms with Crippen LogP contribution in [0.25, 0.3) is 0 Å². The Bertz CT molecular complexity index is 361. The second-order valence-electron chi connectivity index (χ2n) is 3.62. The van der Waals surface area contributed by atoms with Gasteiger partial charge >= 0.3 is 0 Å². The second kappa shape index (κ2) is 4.28. The van der Waals surface area contributed by atoms with E-state index in [0.717, 1.165) is 0 Å². The van der Waals surface area contributed by atoms with Crippen LogP contribution in [0.4, 0.5) is 0 Å². The van der Waals surface area contributed by atoms with E-state index >= 15 is 0 Å². The average molecular weight is 204 g/mol. The molecule has 80 valence electrons. The van der Waals surface area contributed by atoms with Crippen LogP contribution in [0.1, 0.15) is 12.5 Å². The van der Waals surface area contributed by atoms with Gasteiger partial charge in [-0.15, -0.1) is 6.58 Å². The minimum Gasteiger partial charge on any atom is -0.368 e. The Labute approximate surface area is 89.8 Å². The molecule has 2 atom stereocenters. The lowest BCUT2D eigenvalue weighted by molar-refractivity contribution is -0.124. The Kier molecular flexibility index (Phi) is 3.27. The molecule has 0 saturated heterocycles. The fourth-order valence-electron chi connectivity index (χ4n) is 1.53. The van der Waals surface area contributed by atoms with E-state index in [9.17, 15) is 4.79 Å². The zero-order valence-corrected chi connectivity index (χ0v) is 8.81. The number of nitrogens with two attached hydrogens (primary N) is 2. The van der Waals surface area contributed by atoms with Gasteiger partial charge in [-0.3, -0.25) is 4.79 Å². The predicted molar refractivity (Wildman–Crippen MR) is 60.9 cm³/mol. The maximum Gasteiger partial charge on any atom is 0.242 e. The van der Waals surface area contributed by atoms with Gasteiger partial charge in [-0.05, 0) is 5.56 Å². The summed E-state index contributed by atoms with van der Waals surface area (Å²) in [5.41, 5.74) is 11.0. The summed E-state index contributed by atoms with van der Waals surface area (Å²) in [6.45, 7) is 5.47. The molecule has 3 nitrogen and oxygen atoms in total. The zero-order valence-electron chi connectivity index (χ0n) is 8.81. The molecule has 0 bridgehead atoms. The molecule has 0 radical (unpaired) electrons. The van der Waals surface area contributed by atoms with E-state index in [4.69, 9.17) is 11.5 Å². The van der Waals surface area contributed by atoms with E-state index in [1.165, 1.54) is 0 Å². The fraction of sp³-hybridized carbons (Fsp3) is 0.250. The molecule has 1 rings (SSSR count). The summed E-state index contributed by atoms with van der Waals surface area (Å²) in [5, 5.41) is 0. The average Bonchev–Trinajstić information content (AvgIpc) is 2.27. The molecule has 0 heterocycles. The minimum atomic E-state index is -1.18. The third-order valence-corrected chi connectivity index (χ3v) is 2.73. The van der Waals surface area contributed by atoms with Gasteiger partial charge in [0, 0.05) is 5.92 Å². The molecule has 0 saturated carbocycles. The van der Waals surface area contributed by atoms with Crippen LogP contribution < -0.4 is 11.5 Å². The lowest BCUT2D eigenvalue weighted by Crippen LogP contribution is -2.53. The smallest absolute Gasteiger partial charge is 0.242 e. The largest absolute Gasteiger partial charge is 0.368 e. The van der Waals surface area contributed by atoms with Gasteiger partial charge in [0.05, 0.1) is 0 Å². The highest BCUT2D eigenvalue weighted by Gasteiger charge is 2.38. The van der Waals surface area contributed by atoms with Gasteiger partial charge in [0.1, 0.15) is 5.54 Å². The summed E-state index contributed by atoms with van der Waals surface area (Å²) < 4.78 is 0. The predicted octanol–water partition coefficient (Wildman–Crippen LogP) is 1.15. The molecular weight excluding hydrogens is 188 g/mol. The summed E-state index contributed by atoms with van der Waals surface area (Å²) in [4.78, 5) is 11.5. The van der Waals surface area contributed by atoms with Gasteiger partial charge in [-0.25, -0.2) is 0 Å². The van der Waals surface area contributed by atoms with Crippen LogP contribution in [0.2, 0.25) is 0 Å². The quantitative estimate of drug-likeness (QED) is 0.722. The number of primary amides is 1. The van der Waals surface area contributed by atoms with Gasteiger partial charge < -0.3 is 11.5 Å². The molecule has 1 aromatic carbocycles. The van der Waals surface area contributed by atoms with E-state index in [-0.39, 0.29) is 5.92 Å². The minimum absolute atomic E-state index is 0.211. The van der Waals surface area contributed by atoms with Crippen molar-refractivity contribution >= 4 is 5.91 Å². The molecule has 0 aliphatic heterocycles. The van der Waals surface area contributed by atoms with Gasteiger partial charge in [0.25, 0.3) is 0 Å². The third-order valence-electron chi connectivity index (χ3n) is 2.73. The van der Waals surface area contributed by atoms with Crippen LogP contribution >= 0.6 is 0 Å². The van der Waals surface area contributed by atoms with E-state index in [0.29, 0.717) is 5.56 Å². The highest BCUT2D eigenvalue weighted by molar-refractivity contribution is 5.86. The summed E-state index contributed by atoms with van der Waals surface area (Å²) in [7, 11) is 0. The molecule has 0 fully saturated rings. The van der Waals surface area contributed by atoms with Crippen LogP contribution in [0.15, 0.2) is 43.0 Å². The van der Waals surface area contributed by atoms with Crippen molar-refractivity contribution in [2.45, 2.75) is 12.5 Å². The highest BCUT2D eigenvalue weighted by Crippen LogP contribution is 2.27. The summed E-state index contributed by atoms with van der Waals surface area (Å²) in [6, 6.07) is 9.12. The first kappa shape index (κ1) is 11.5. The van der Waals surface area contributed by atoms with Gasteiger partial charge in [0.15, 0.2) is 0 Å². The Morgan fingerprint density at radius 1 is 1.47 bits per heavy atom. The van der Waals surface area contributed by atoms with Crippen molar-refractivity contribution in [3.8, 4) is 0 Å². The van der Waals surface area contributed by atoms with Crippen LogP contribution in [0.5, 0.6) is 0 Å². The Morgan fingerprint density at radius 2 is 2.00 bits per heavy atom. The number of hydrogen-bond acceptors (Lipinski definition) is 2. The van der Waals surface area contributed by atoms with Crippen LogP contribution in [0, 0.1) is 5.92 Å². The normalized spacial score (nSPS) is 16.4. The van der Waals surface area contributed by atoms with E-state index in [1.54, 1.807) is 18.2 Å². The lowest BCUT2D eigenvalue weighted by atomic mass is 9.79. The standard InChI is InChI=1S/C12H16N2O/c1-3-9(2)12(14,11(13)15)10-7-5-4-6-8-10/h3-9H,1,14H2,2H3,(H2,13,15)/t9-,12+/m1/s1. The Balaban J connectivity index is 3.24. The van der Waals surface area contributed by atoms with Crippen molar-refractivity contribution in [1.29, 1.82) is 0 Å².